The van der Waals surface area contributed by atoms with E-state index < -0.39 is 26.7 Å². The molecular weight excluding hydrogens is 395 g/mol. The molecule has 0 radical (unpaired) electrons. The smallest absolute Gasteiger partial charge is 0.335 e. The number of nitrogens with one attached hydrogen (secondary N) is 1. The van der Waals surface area contributed by atoms with Crippen molar-refractivity contribution in [1.29, 1.82) is 0 Å². The number of nitrogens with zero attached hydrogens (tertiary/aromatic N) is 2. The molecule has 3 rings (SSSR count). The Morgan fingerprint density at radius 1 is 1.00 bits per heavy atom. The van der Waals surface area contributed by atoms with Crippen LogP contribution in [0.5, 0.6) is 0 Å². The monoisotopic (exact) mass is 419 g/mol. The zero-order valence-corrected chi connectivity index (χ0v) is 16.2. The van der Waals surface area contributed by atoms with E-state index in [1.54, 1.807) is 0 Å². The summed E-state index contributed by atoms with van der Waals surface area (Å²) in [5.74, 6) is 0. The molecule has 2 amide bonds. The first-order valence-electron chi connectivity index (χ1n) is 9.41. The van der Waals surface area contributed by atoms with Gasteiger partial charge in [0, 0.05) is 32.2 Å². The number of hydrogen-bond donors (Lipinski definition) is 1. The maximum absolute atomic E-state index is 13.2. The molecule has 0 atom stereocenters. The van der Waals surface area contributed by atoms with Gasteiger partial charge < -0.3 is 10.2 Å². The molecule has 0 aromatic heterocycles. The predicted octanol–water partition coefficient (Wildman–Crippen LogP) is 3.05. The Morgan fingerprint density at radius 2 is 1.61 bits per heavy atom. The van der Waals surface area contributed by atoms with E-state index in [0.717, 1.165) is 48.2 Å². The van der Waals surface area contributed by atoms with Gasteiger partial charge in [0.1, 0.15) is 0 Å². The van der Waals surface area contributed by atoms with Crippen LogP contribution in [0.4, 0.5) is 18.0 Å². The first kappa shape index (κ1) is 20.9. The van der Waals surface area contributed by atoms with Gasteiger partial charge in [-0.3, -0.25) is 0 Å². The van der Waals surface area contributed by atoms with E-state index in [2.05, 4.69) is 5.32 Å². The number of benzene rings is 1. The number of halogens is 3. The number of alkyl halides is 3. The van der Waals surface area contributed by atoms with Crippen LogP contribution in [0.15, 0.2) is 29.2 Å². The minimum absolute atomic E-state index is 0.0351. The summed E-state index contributed by atoms with van der Waals surface area (Å²) in [6, 6.07) is 4.08. The molecule has 0 spiro atoms. The van der Waals surface area contributed by atoms with Gasteiger partial charge in [0.25, 0.3) is 0 Å². The summed E-state index contributed by atoms with van der Waals surface area (Å²) in [4.78, 5) is 13.2. The van der Waals surface area contributed by atoms with Crippen molar-refractivity contribution in [2.24, 2.45) is 0 Å². The predicted molar refractivity (Wildman–Crippen MR) is 97.2 cm³/mol. The lowest BCUT2D eigenvalue weighted by Crippen LogP contribution is -2.54. The van der Waals surface area contributed by atoms with Gasteiger partial charge in [-0.05, 0) is 25.0 Å². The molecule has 1 saturated carbocycles. The van der Waals surface area contributed by atoms with E-state index in [-0.39, 0.29) is 38.3 Å². The maximum atomic E-state index is 13.2. The third-order valence-corrected chi connectivity index (χ3v) is 7.23. The van der Waals surface area contributed by atoms with Crippen LogP contribution in [0, 0.1) is 0 Å². The van der Waals surface area contributed by atoms with Gasteiger partial charge in [0.05, 0.1) is 10.5 Å². The van der Waals surface area contributed by atoms with Crippen molar-refractivity contribution >= 4 is 16.1 Å². The molecule has 0 bridgehead atoms. The number of piperazine rings is 1. The number of urea groups is 1. The molecule has 28 heavy (non-hydrogen) atoms. The lowest BCUT2D eigenvalue weighted by atomic mass is 9.96. The van der Waals surface area contributed by atoms with Crippen molar-refractivity contribution in [3.63, 3.8) is 0 Å². The highest BCUT2D eigenvalue weighted by molar-refractivity contribution is 7.89. The van der Waals surface area contributed by atoms with Crippen molar-refractivity contribution in [3.8, 4) is 0 Å². The highest BCUT2D eigenvalue weighted by atomic mass is 32.2. The van der Waals surface area contributed by atoms with Crippen LogP contribution in [0.3, 0.4) is 0 Å². The molecule has 1 aliphatic carbocycles. The van der Waals surface area contributed by atoms with Gasteiger partial charge in [-0.2, -0.15) is 17.5 Å². The topological polar surface area (TPSA) is 69.7 Å². The summed E-state index contributed by atoms with van der Waals surface area (Å²) in [5.41, 5.74) is -1.17. The van der Waals surface area contributed by atoms with E-state index in [1.807, 2.05) is 0 Å². The SMILES string of the molecule is O=C(NC1CCCCC1)N1CCN(S(=O)(=O)c2ccccc2C(F)(F)F)CC1. The Morgan fingerprint density at radius 3 is 2.21 bits per heavy atom. The first-order chi connectivity index (χ1) is 13.2. The highest BCUT2D eigenvalue weighted by Gasteiger charge is 2.39. The number of carbonyl (C=O) groups is 1. The molecule has 2 fully saturated rings. The average Bonchev–Trinajstić information content (AvgIpc) is 2.68. The molecular formula is C18H24F3N3O3S. The second-order valence-electron chi connectivity index (χ2n) is 7.17. The van der Waals surface area contributed by atoms with E-state index >= 15 is 0 Å². The minimum atomic E-state index is -4.76. The van der Waals surface area contributed by atoms with Gasteiger partial charge in [0.2, 0.25) is 10.0 Å². The summed E-state index contributed by atoms with van der Waals surface area (Å²) in [5, 5.41) is 2.97. The minimum Gasteiger partial charge on any atom is -0.335 e. The quantitative estimate of drug-likeness (QED) is 0.819. The van der Waals surface area contributed by atoms with Crippen LogP contribution in [-0.2, 0) is 16.2 Å². The van der Waals surface area contributed by atoms with Gasteiger partial charge >= 0.3 is 12.2 Å². The van der Waals surface area contributed by atoms with Crippen molar-refractivity contribution < 1.29 is 26.4 Å². The second-order valence-corrected chi connectivity index (χ2v) is 9.08. The Kier molecular flexibility index (Phi) is 6.18. The molecule has 2 aliphatic rings. The molecule has 0 unspecified atom stereocenters. The lowest BCUT2D eigenvalue weighted by molar-refractivity contribution is -0.139. The first-order valence-corrected chi connectivity index (χ1v) is 10.9. The van der Waals surface area contributed by atoms with Crippen LogP contribution in [0.25, 0.3) is 0 Å². The van der Waals surface area contributed by atoms with Crippen LogP contribution < -0.4 is 5.32 Å². The van der Waals surface area contributed by atoms with Crippen molar-refractivity contribution in [2.75, 3.05) is 26.2 Å². The number of carbonyl (C=O) groups excluding carboxylic acids is 1. The second kappa shape index (κ2) is 8.28. The fourth-order valence-corrected chi connectivity index (χ4v) is 5.34. The van der Waals surface area contributed by atoms with Crippen molar-refractivity contribution in [2.45, 2.75) is 49.2 Å². The molecule has 1 N–H and O–H groups in total. The number of rotatable bonds is 3. The molecule has 1 saturated heterocycles. The molecule has 156 valence electrons. The normalized spacial score (nSPS) is 20.2. The van der Waals surface area contributed by atoms with Crippen LogP contribution in [-0.4, -0.2) is 55.9 Å². The molecule has 6 nitrogen and oxygen atoms in total. The molecule has 10 heteroatoms. The largest absolute Gasteiger partial charge is 0.417 e. The number of hydrogen-bond acceptors (Lipinski definition) is 3. The fourth-order valence-electron chi connectivity index (χ4n) is 3.71. The zero-order valence-electron chi connectivity index (χ0n) is 15.4. The standard InChI is InChI=1S/C18H24F3N3O3S/c19-18(20,21)15-8-4-5-9-16(15)28(26,27)24-12-10-23(11-13-24)17(25)22-14-6-2-1-3-7-14/h4-5,8-9,14H,1-3,6-7,10-13H2,(H,22,25). The molecule has 1 aromatic carbocycles. The highest BCUT2D eigenvalue weighted by Crippen LogP contribution is 2.35. The third kappa shape index (κ3) is 4.60. The van der Waals surface area contributed by atoms with E-state index in [0.29, 0.717) is 0 Å². The zero-order chi connectivity index (χ0) is 20.4. The van der Waals surface area contributed by atoms with Gasteiger partial charge in [-0.1, -0.05) is 31.4 Å². The van der Waals surface area contributed by atoms with E-state index in [1.165, 1.54) is 17.4 Å². The summed E-state index contributed by atoms with van der Waals surface area (Å²) in [6.07, 6.45) is 0.446. The van der Waals surface area contributed by atoms with Crippen molar-refractivity contribution in [1.82, 2.24) is 14.5 Å². The summed E-state index contributed by atoms with van der Waals surface area (Å²) in [7, 11) is -4.30. The Labute approximate surface area is 162 Å². The number of amides is 2. The van der Waals surface area contributed by atoms with Crippen molar-refractivity contribution in [3.05, 3.63) is 29.8 Å². The van der Waals surface area contributed by atoms with Crippen LogP contribution >= 0.6 is 0 Å². The van der Waals surface area contributed by atoms with E-state index in [9.17, 15) is 26.4 Å². The third-order valence-electron chi connectivity index (χ3n) is 5.27. The van der Waals surface area contributed by atoms with Gasteiger partial charge in [-0.15, -0.1) is 0 Å². The Bertz CT molecular complexity index is 800. The molecule has 1 aromatic rings. The average molecular weight is 419 g/mol. The van der Waals surface area contributed by atoms with Crippen LogP contribution in [0.2, 0.25) is 0 Å². The van der Waals surface area contributed by atoms with Gasteiger partial charge in [-0.25, -0.2) is 13.2 Å². The van der Waals surface area contributed by atoms with E-state index in [4.69, 9.17) is 0 Å². The summed E-state index contributed by atoms with van der Waals surface area (Å²) >= 11 is 0. The fraction of sp³-hybridized carbons (Fsp3) is 0.611. The Hall–Kier alpha value is -1.81. The van der Waals surface area contributed by atoms with Gasteiger partial charge in [0.15, 0.2) is 0 Å². The molecule has 1 heterocycles. The Balaban J connectivity index is 1.65. The lowest BCUT2D eigenvalue weighted by Gasteiger charge is -2.35. The summed E-state index contributed by atoms with van der Waals surface area (Å²) in [6.45, 7) is 0.219. The molecule has 1 aliphatic heterocycles. The van der Waals surface area contributed by atoms with Crippen LogP contribution in [0.1, 0.15) is 37.7 Å². The summed E-state index contributed by atoms with van der Waals surface area (Å²) < 4.78 is 66.1. The number of sulfonamides is 1. The maximum Gasteiger partial charge on any atom is 0.417 e.